The lowest BCUT2D eigenvalue weighted by molar-refractivity contribution is -0.119. The molecule has 1 aromatic carbocycles. The topological polar surface area (TPSA) is 70.2 Å². The van der Waals surface area contributed by atoms with Crippen LogP contribution in [0.25, 0.3) is 10.9 Å². The maximum absolute atomic E-state index is 11.7. The summed E-state index contributed by atoms with van der Waals surface area (Å²) in [6.07, 6.45) is 0.935. The molecule has 0 aliphatic heterocycles. The molecule has 1 aromatic heterocycles. The molecule has 2 aromatic rings. The monoisotopic (exact) mass is 287 g/mol. The standard InChI is InChI=1S/C15H21N5O/c1-4-9-20(10-13(21)16-2)14-11-7-5-6-8-12(11)18-15(17-3)19-14/h5-8H,4,9-10H2,1-3H3,(H,16,21)(H,17,18,19). The highest BCUT2D eigenvalue weighted by atomic mass is 16.1. The zero-order valence-corrected chi connectivity index (χ0v) is 12.7. The van der Waals surface area contributed by atoms with Crippen LogP contribution in [0.3, 0.4) is 0 Å². The van der Waals surface area contributed by atoms with Crippen LogP contribution >= 0.6 is 0 Å². The lowest BCUT2D eigenvalue weighted by Crippen LogP contribution is -2.36. The number of aromatic nitrogens is 2. The highest BCUT2D eigenvalue weighted by Crippen LogP contribution is 2.25. The van der Waals surface area contributed by atoms with E-state index in [2.05, 4.69) is 27.5 Å². The summed E-state index contributed by atoms with van der Waals surface area (Å²) in [5.41, 5.74) is 0.866. The predicted molar refractivity (Wildman–Crippen MR) is 85.7 cm³/mol. The minimum atomic E-state index is -0.0304. The lowest BCUT2D eigenvalue weighted by atomic mass is 10.2. The second-order valence-electron chi connectivity index (χ2n) is 4.73. The second-order valence-corrected chi connectivity index (χ2v) is 4.73. The summed E-state index contributed by atoms with van der Waals surface area (Å²) in [4.78, 5) is 22.7. The Morgan fingerprint density at radius 1 is 1.24 bits per heavy atom. The summed E-state index contributed by atoms with van der Waals surface area (Å²) in [6.45, 7) is 3.13. The number of carbonyl (C=O) groups excluding carboxylic acids is 1. The Morgan fingerprint density at radius 2 is 2.00 bits per heavy atom. The predicted octanol–water partition coefficient (Wildman–Crippen LogP) is 1.63. The molecule has 21 heavy (non-hydrogen) atoms. The van der Waals surface area contributed by atoms with Crippen molar-refractivity contribution in [1.82, 2.24) is 15.3 Å². The van der Waals surface area contributed by atoms with Gasteiger partial charge in [0.05, 0.1) is 12.1 Å². The Bertz CT molecular complexity index is 628. The highest BCUT2D eigenvalue weighted by molar-refractivity contribution is 5.92. The Balaban J connectivity index is 2.51. The molecule has 1 heterocycles. The Kier molecular flexibility index (Phi) is 4.92. The molecule has 0 aliphatic rings. The van der Waals surface area contributed by atoms with Crippen molar-refractivity contribution >= 4 is 28.6 Å². The minimum Gasteiger partial charge on any atom is -0.358 e. The molecule has 0 unspecified atom stereocenters. The van der Waals surface area contributed by atoms with Crippen LogP contribution in [0.2, 0.25) is 0 Å². The first-order valence-corrected chi connectivity index (χ1v) is 7.09. The first-order valence-electron chi connectivity index (χ1n) is 7.09. The summed E-state index contributed by atoms with van der Waals surface area (Å²) < 4.78 is 0. The number of rotatable bonds is 6. The largest absolute Gasteiger partial charge is 0.358 e. The summed E-state index contributed by atoms with van der Waals surface area (Å²) in [5, 5.41) is 6.59. The SMILES string of the molecule is CCCN(CC(=O)NC)c1nc(NC)nc2ccccc12. The molecule has 112 valence electrons. The van der Waals surface area contributed by atoms with E-state index in [0.29, 0.717) is 5.95 Å². The van der Waals surface area contributed by atoms with Gasteiger partial charge in [0.15, 0.2) is 0 Å². The number of fused-ring (bicyclic) bond motifs is 1. The molecule has 0 spiro atoms. The molecule has 0 atom stereocenters. The van der Waals surface area contributed by atoms with E-state index in [4.69, 9.17) is 0 Å². The van der Waals surface area contributed by atoms with Crippen LogP contribution in [-0.4, -0.2) is 43.1 Å². The van der Waals surface area contributed by atoms with Crippen molar-refractivity contribution in [3.05, 3.63) is 24.3 Å². The molecule has 0 fully saturated rings. The number of para-hydroxylation sites is 1. The number of nitrogens with zero attached hydrogens (tertiary/aromatic N) is 3. The molecule has 1 amide bonds. The van der Waals surface area contributed by atoms with Gasteiger partial charge < -0.3 is 15.5 Å². The van der Waals surface area contributed by atoms with Crippen molar-refractivity contribution in [2.24, 2.45) is 0 Å². The van der Waals surface area contributed by atoms with Crippen LogP contribution in [0, 0.1) is 0 Å². The van der Waals surface area contributed by atoms with E-state index in [1.807, 2.05) is 29.2 Å². The fraction of sp³-hybridized carbons (Fsp3) is 0.400. The van der Waals surface area contributed by atoms with Crippen molar-refractivity contribution < 1.29 is 4.79 Å². The molecule has 0 saturated carbocycles. The lowest BCUT2D eigenvalue weighted by Gasteiger charge is -2.24. The van der Waals surface area contributed by atoms with Gasteiger partial charge in [-0.25, -0.2) is 4.98 Å². The van der Waals surface area contributed by atoms with Gasteiger partial charge in [-0.15, -0.1) is 0 Å². The van der Waals surface area contributed by atoms with Crippen molar-refractivity contribution in [2.45, 2.75) is 13.3 Å². The number of likely N-dealkylation sites (N-methyl/N-ethyl adjacent to an activating group) is 1. The van der Waals surface area contributed by atoms with Gasteiger partial charge in [-0.3, -0.25) is 4.79 Å². The number of nitrogens with one attached hydrogen (secondary N) is 2. The quantitative estimate of drug-likeness (QED) is 0.845. The highest BCUT2D eigenvalue weighted by Gasteiger charge is 2.16. The van der Waals surface area contributed by atoms with Gasteiger partial charge in [0.1, 0.15) is 5.82 Å². The van der Waals surface area contributed by atoms with E-state index in [1.165, 1.54) is 0 Å². The fourth-order valence-corrected chi connectivity index (χ4v) is 2.19. The molecule has 0 saturated heterocycles. The van der Waals surface area contributed by atoms with E-state index in [-0.39, 0.29) is 12.5 Å². The fourth-order valence-electron chi connectivity index (χ4n) is 2.19. The van der Waals surface area contributed by atoms with E-state index >= 15 is 0 Å². The van der Waals surface area contributed by atoms with Gasteiger partial charge in [0.25, 0.3) is 0 Å². The maximum Gasteiger partial charge on any atom is 0.239 e. The molecular formula is C15H21N5O. The van der Waals surface area contributed by atoms with Crippen LogP contribution in [0.4, 0.5) is 11.8 Å². The number of carbonyl (C=O) groups is 1. The van der Waals surface area contributed by atoms with Crippen molar-refractivity contribution in [3.8, 4) is 0 Å². The Labute approximate surface area is 124 Å². The molecule has 2 N–H and O–H groups in total. The summed E-state index contributed by atoms with van der Waals surface area (Å²) in [5.74, 6) is 1.31. The van der Waals surface area contributed by atoms with E-state index in [1.54, 1.807) is 14.1 Å². The molecule has 0 aliphatic carbocycles. The average molecular weight is 287 g/mol. The van der Waals surface area contributed by atoms with Crippen LogP contribution < -0.4 is 15.5 Å². The normalized spacial score (nSPS) is 10.4. The van der Waals surface area contributed by atoms with Crippen LogP contribution in [0.5, 0.6) is 0 Å². The average Bonchev–Trinajstić information content (AvgIpc) is 2.53. The third-order valence-corrected chi connectivity index (χ3v) is 3.21. The van der Waals surface area contributed by atoms with Gasteiger partial charge >= 0.3 is 0 Å². The molecule has 2 rings (SSSR count). The minimum absolute atomic E-state index is 0.0304. The zero-order chi connectivity index (χ0) is 15.2. The van der Waals surface area contributed by atoms with E-state index in [9.17, 15) is 4.79 Å². The van der Waals surface area contributed by atoms with Crippen LogP contribution in [0.15, 0.2) is 24.3 Å². The van der Waals surface area contributed by atoms with Crippen molar-refractivity contribution in [3.63, 3.8) is 0 Å². The maximum atomic E-state index is 11.7. The third-order valence-electron chi connectivity index (χ3n) is 3.21. The Morgan fingerprint density at radius 3 is 2.67 bits per heavy atom. The van der Waals surface area contributed by atoms with Gasteiger partial charge in [-0.05, 0) is 18.6 Å². The third kappa shape index (κ3) is 3.39. The molecule has 6 heteroatoms. The summed E-state index contributed by atoms with van der Waals surface area (Å²) in [7, 11) is 3.43. The van der Waals surface area contributed by atoms with Crippen molar-refractivity contribution in [1.29, 1.82) is 0 Å². The smallest absolute Gasteiger partial charge is 0.239 e. The Hall–Kier alpha value is -2.37. The number of amides is 1. The van der Waals surface area contributed by atoms with Gasteiger partial charge in [0, 0.05) is 26.0 Å². The van der Waals surface area contributed by atoms with Gasteiger partial charge in [-0.2, -0.15) is 4.98 Å². The number of hydrogen-bond donors (Lipinski definition) is 2. The summed E-state index contributed by atoms with van der Waals surface area (Å²) in [6, 6.07) is 7.84. The molecule has 0 radical (unpaired) electrons. The van der Waals surface area contributed by atoms with E-state index < -0.39 is 0 Å². The van der Waals surface area contributed by atoms with E-state index in [0.717, 1.165) is 29.7 Å². The number of anilines is 2. The first kappa shape index (κ1) is 15.0. The van der Waals surface area contributed by atoms with Gasteiger partial charge in [-0.1, -0.05) is 19.1 Å². The molecular weight excluding hydrogens is 266 g/mol. The summed E-state index contributed by atoms with van der Waals surface area (Å²) >= 11 is 0. The number of benzene rings is 1. The second kappa shape index (κ2) is 6.88. The molecule has 0 bridgehead atoms. The van der Waals surface area contributed by atoms with Crippen molar-refractivity contribution in [2.75, 3.05) is 37.4 Å². The van der Waals surface area contributed by atoms with Crippen LogP contribution in [0.1, 0.15) is 13.3 Å². The molecule has 6 nitrogen and oxygen atoms in total. The van der Waals surface area contributed by atoms with Crippen LogP contribution in [-0.2, 0) is 4.79 Å². The van der Waals surface area contributed by atoms with Gasteiger partial charge in [0.2, 0.25) is 11.9 Å². The zero-order valence-electron chi connectivity index (χ0n) is 12.7. The number of hydrogen-bond acceptors (Lipinski definition) is 5. The first-order chi connectivity index (χ1) is 10.2.